The monoisotopic (exact) mass is 420 g/mol. The van der Waals surface area contributed by atoms with E-state index < -0.39 is 0 Å². The van der Waals surface area contributed by atoms with Crippen LogP contribution in [0.2, 0.25) is 0 Å². The molecule has 2 aromatic heterocycles. The van der Waals surface area contributed by atoms with Gasteiger partial charge in [-0.1, -0.05) is 18.2 Å². The van der Waals surface area contributed by atoms with E-state index in [2.05, 4.69) is 10.3 Å². The van der Waals surface area contributed by atoms with Crippen LogP contribution in [0.25, 0.3) is 16.9 Å². The number of hydrogen-bond acceptors (Lipinski definition) is 6. The molecule has 0 aliphatic carbocycles. The number of methoxy groups -OCH3 is 2. The van der Waals surface area contributed by atoms with Gasteiger partial charge in [0, 0.05) is 17.1 Å². The van der Waals surface area contributed by atoms with Crippen molar-refractivity contribution in [1.29, 1.82) is 0 Å². The molecule has 2 heterocycles. The molecular weight excluding hydrogens is 400 g/mol. The normalized spacial score (nSPS) is 10.6. The lowest BCUT2D eigenvalue weighted by Gasteiger charge is -2.09. The highest BCUT2D eigenvalue weighted by atomic mass is 32.1. The molecule has 0 aliphatic rings. The Morgan fingerprint density at radius 1 is 1.07 bits per heavy atom. The summed E-state index contributed by atoms with van der Waals surface area (Å²) in [6, 6.07) is 15.1. The number of amides is 1. The minimum Gasteiger partial charge on any atom is -0.493 e. The number of para-hydroxylation sites is 1. The maximum atomic E-state index is 13.1. The summed E-state index contributed by atoms with van der Waals surface area (Å²) in [6.07, 6.45) is 1.72. The number of rotatable bonds is 6. The fourth-order valence-corrected chi connectivity index (χ4v) is 3.71. The second kappa shape index (κ2) is 8.38. The molecule has 0 saturated heterocycles. The van der Waals surface area contributed by atoms with Gasteiger partial charge in [-0.15, -0.1) is 11.3 Å². The topological polar surface area (TPSA) is 78.3 Å². The molecule has 2 aromatic carbocycles. The molecule has 1 amide bonds. The number of carbonyl (C=O) groups excluding carboxylic acids is 1. The average Bonchev–Trinajstić information content (AvgIpc) is 3.40. The van der Waals surface area contributed by atoms with Gasteiger partial charge in [-0.25, -0.2) is 9.67 Å². The molecule has 0 aliphatic heterocycles. The highest BCUT2D eigenvalue weighted by Crippen LogP contribution is 2.33. The van der Waals surface area contributed by atoms with Crippen LogP contribution in [0.15, 0.2) is 60.1 Å². The summed E-state index contributed by atoms with van der Waals surface area (Å²) in [4.78, 5) is 17.4. The van der Waals surface area contributed by atoms with Gasteiger partial charge in [0.2, 0.25) is 0 Å². The van der Waals surface area contributed by atoms with Gasteiger partial charge < -0.3 is 9.47 Å². The van der Waals surface area contributed by atoms with Crippen molar-refractivity contribution in [2.75, 3.05) is 19.5 Å². The molecule has 1 N–H and O–H groups in total. The summed E-state index contributed by atoms with van der Waals surface area (Å²) >= 11 is 1.38. The number of nitrogens with one attached hydrogen (secondary N) is 1. The maximum Gasteiger partial charge on any atom is 0.261 e. The molecule has 0 fully saturated rings. The zero-order valence-corrected chi connectivity index (χ0v) is 17.6. The van der Waals surface area contributed by atoms with Gasteiger partial charge in [-0.3, -0.25) is 10.1 Å². The SMILES string of the molecule is COc1ccc(-c2nn(-c3ccccc3)cc2C(=O)Nc2nc(C)cs2)cc1OC. The zero-order chi connectivity index (χ0) is 21.1. The summed E-state index contributed by atoms with van der Waals surface area (Å²) in [7, 11) is 3.15. The summed E-state index contributed by atoms with van der Waals surface area (Å²) in [5.41, 5.74) is 3.41. The van der Waals surface area contributed by atoms with Gasteiger partial charge in [-0.05, 0) is 37.3 Å². The second-order valence-corrected chi connectivity index (χ2v) is 7.35. The largest absolute Gasteiger partial charge is 0.493 e. The first-order chi connectivity index (χ1) is 14.6. The number of aryl methyl sites for hydroxylation is 1. The van der Waals surface area contributed by atoms with E-state index in [1.165, 1.54) is 11.3 Å². The van der Waals surface area contributed by atoms with E-state index in [0.29, 0.717) is 27.9 Å². The highest BCUT2D eigenvalue weighted by molar-refractivity contribution is 7.13. The fraction of sp³-hybridized carbons (Fsp3) is 0.136. The number of ether oxygens (including phenoxy) is 2. The third kappa shape index (κ3) is 3.90. The van der Waals surface area contributed by atoms with Crippen LogP contribution in [-0.2, 0) is 0 Å². The summed E-state index contributed by atoms with van der Waals surface area (Å²) < 4.78 is 12.4. The average molecular weight is 420 g/mol. The first kappa shape index (κ1) is 19.7. The summed E-state index contributed by atoms with van der Waals surface area (Å²) in [6.45, 7) is 1.88. The molecule has 4 rings (SSSR count). The Hall–Kier alpha value is -3.65. The lowest BCUT2D eigenvalue weighted by Crippen LogP contribution is -2.12. The van der Waals surface area contributed by atoms with Crippen LogP contribution in [0.4, 0.5) is 5.13 Å². The van der Waals surface area contributed by atoms with E-state index in [9.17, 15) is 4.79 Å². The lowest BCUT2D eigenvalue weighted by atomic mass is 10.1. The van der Waals surface area contributed by atoms with E-state index in [-0.39, 0.29) is 5.91 Å². The van der Waals surface area contributed by atoms with Crippen molar-refractivity contribution >= 4 is 22.4 Å². The Balaban J connectivity index is 1.79. The van der Waals surface area contributed by atoms with Gasteiger partial charge >= 0.3 is 0 Å². The van der Waals surface area contributed by atoms with Gasteiger partial charge in [0.1, 0.15) is 5.69 Å². The number of nitrogens with zero attached hydrogens (tertiary/aromatic N) is 3. The van der Waals surface area contributed by atoms with Crippen molar-refractivity contribution in [3.8, 4) is 28.4 Å². The van der Waals surface area contributed by atoms with Crippen molar-refractivity contribution in [1.82, 2.24) is 14.8 Å². The molecule has 30 heavy (non-hydrogen) atoms. The van der Waals surface area contributed by atoms with Crippen molar-refractivity contribution in [3.05, 3.63) is 71.4 Å². The van der Waals surface area contributed by atoms with Crippen LogP contribution in [0.5, 0.6) is 11.5 Å². The number of hydrogen-bond donors (Lipinski definition) is 1. The van der Waals surface area contributed by atoms with Crippen LogP contribution in [0.3, 0.4) is 0 Å². The molecule has 8 heteroatoms. The fourth-order valence-electron chi connectivity index (χ4n) is 3.03. The third-order valence-corrected chi connectivity index (χ3v) is 5.35. The smallest absolute Gasteiger partial charge is 0.261 e. The third-order valence-electron chi connectivity index (χ3n) is 4.48. The molecule has 0 spiro atoms. The van der Waals surface area contributed by atoms with Crippen molar-refractivity contribution in [2.45, 2.75) is 6.92 Å². The first-order valence-corrected chi connectivity index (χ1v) is 10.1. The van der Waals surface area contributed by atoms with E-state index in [0.717, 1.165) is 16.9 Å². The first-order valence-electron chi connectivity index (χ1n) is 9.20. The molecule has 0 radical (unpaired) electrons. The number of anilines is 1. The molecular formula is C22H20N4O3S. The van der Waals surface area contributed by atoms with Crippen molar-refractivity contribution in [2.24, 2.45) is 0 Å². The minimum atomic E-state index is -0.281. The maximum absolute atomic E-state index is 13.1. The van der Waals surface area contributed by atoms with Gasteiger partial charge in [0.05, 0.1) is 31.2 Å². The molecule has 7 nitrogen and oxygen atoms in total. The number of aromatic nitrogens is 3. The van der Waals surface area contributed by atoms with Crippen LogP contribution >= 0.6 is 11.3 Å². The predicted octanol–water partition coefficient (Wildman–Crippen LogP) is 4.57. The molecule has 0 saturated carbocycles. The minimum absolute atomic E-state index is 0.281. The predicted molar refractivity (Wildman–Crippen MR) is 117 cm³/mol. The molecule has 0 unspecified atom stereocenters. The Bertz CT molecular complexity index is 1180. The van der Waals surface area contributed by atoms with Crippen molar-refractivity contribution < 1.29 is 14.3 Å². The Morgan fingerprint density at radius 3 is 2.50 bits per heavy atom. The zero-order valence-electron chi connectivity index (χ0n) is 16.7. The number of carbonyl (C=O) groups is 1. The van der Waals surface area contributed by atoms with E-state index in [1.807, 2.05) is 48.7 Å². The quantitative estimate of drug-likeness (QED) is 0.494. The number of thiazole rings is 1. The van der Waals surface area contributed by atoms with Crippen LogP contribution in [0.1, 0.15) is 16.1 Å². The molecule has 0 bridgehead atoms. The highest BCUT2D eigenvalue weighted by Gasteiger charge is 2.21. The molecule has 0 atom stereocenters. The number of benzene rings is 2. The Morgan fingerprint density at radius 2 is 1.83 bits per heavy atom. The van der Waals surface area contributed by atoms with E-state index >= 15 is 0 Å². The van der Waals surface area contributed by atoms with Crippen LogP contribution in [0, 0.1) is 6.92 Å². The summed E-state index contributed by atoms with van der Waals surface area (Å²) in [5, 5.41) is 9.99. The second-order valence-electron chi connectivity index (χ2n) is 6.49. The van der Waals surface area contributed by atoms with Gasteiger partial charge in [0.25, 0.3) is 5.91 Å². The van der Waals surface area contributed by atoms with Crippen molar-refractivity contribution in [3.63, 3.8) is 0 Å². The molecule has 152 valence electrons. The van der Waals surface area contributed by atoms with Gasteiger partial charge in [0.15, 0.2) is 16.6 Å². The van der Waals surface area contributed by atoms with E-state index in [4.69, 9.17) is 14.6 Å². The van der Waals surface area contributed by atoms with Crippen LogP contribution < -0.4 is 14.8 Å². The Kier molecular flexibility index (Phi) is 5.49. The van der Waals surface area contributed by atoms with Crippen LogP contribution in [-0.4, -0.2) is 34.9 Å². The standard InChI is InChI=1S/C22H20N4O3S/c1-14-13-30-22(23-14)24-21(27)17-12-26(16-7-5-4-6-8-16)25-20(17)15-9-10-18(28-2)19(11-15)29-3/h4-13H,1-3H3,(H,23,24,27). The summed E-state index contributed by atoms with van der Waals surface area (Å²) in [5.74, 6) is 0.885. The molecule has 4 aromatic rings. The lowest BCUT2D eigenvalue weighted by molar-refractivity contribution is 0.102. The van der Waals surface area contributed by atoms with Gasteiger partial charge in [-0.2, -0.15) is 5.10 Å². The van der Waals surface area contributed by atoms with E-state index in [1.54, 1.807) is 37.2 Å². The Labute approximate surface area is 177 Å².